The lowest BCUT2D eigenvalue weighted by molar-refractivity contribution is -0.142. The standard InChI is InChI=1S/C29H37N5O7/c1-15(2)24(27(38)32-23(29(40)41)12-17-8-10-19(36)11-9-17)33-28(39)25(16(3)35)34-26(37)21(30)13-18-14-31-22-7-5-4-6-20(18)22/h4-11,14-16,21,23-25,31,35-36H,12-13,30H2,1-3H3,(H,32,38)(H,33,39)(H,34,37)(H,40,41). The second-order valence-corrected chi connectivity index (χ2v) is 10.4. The molecule has 3 aromatic rings. The van der Waals surface area contributed by atoms with E-state index in [1.54, 1.807) is 20.0 Å². The number of fused-ring (bicyclic) bond motifs is 1. The number of aliphatic carboxylic acids is 1. The zero-order chi connectivity index (χ0) is 30.3. The lowest BCUT2D eigenvalue weighted by atomic mass is 10.00. The molecule has 3 amide bonds. The van der Waals surface area contributed by atoms with Gasteiger partial charge >= 0.3 is 5.97 Å². The molecule has 1 aromatic heterocycles. The number of nitrogens with one attached hydrogen (secondary N) is 4. The number of benzene rings is 2. The Morgan fingerprint density at radius 2 is 1.46 bits per heavy atom. The minimum atomic E-state index is -1.42. The van der Waals surface area contributed by atoms with Gasteiger partial charge in [-0.1, -0.05) is 44.2 Å². The number of carbonyl (C=O) groups excluding carboxylic acids is 3. The Morgan fingerprint density at radius 1 is 0.854 bits per heavy atom. The molecule has 12 nitrogen and oxygen atoms in total. The number of aromatic hydroxyl groups is 1. The molecule has 0 spiro atoms. The normalized spacial score (nSPS) is 15.0. The number of aromatic amines is 1. The largest absolute Gasteiger partial charge is 0.508 e. The third-order valence-electron chi connectivity index (χ3n) is 6.75. The van der Waals surface area contributed by atoms with E-state index in [4.69, 9.17) is 5.73 Å². The van der Waals surface area contributed by atoms with Crippen LogP contribution in [-0.4, -0.2) is 74.3 Å². The molecule has 9 N–H and O–H groups in total. The molecule has 220 valence electrons. The predicted molar refractivity (Wildman–Crippen MR) is 152 cm³/mol. The van der Waals surface area contributed by atoms with E-state index in [1.807, 2.05) is 24.3 Å². The summed E-state index contributed by atoms with van der Waals surface area (Å²) in [5.41, 5.74) is 8.41. The number of carbonyl (C=O) groups is 4. The van der Waals surface area contributed by atoms with E-state index in [-0.39, 0.29) is 18.6 Å². The summed E-state index contributed by atoms with van der Waals surface area (Å²) in [5.74, 6) is -3.96. The van der Waals surface area contributed by atoms with Crippen LogP contribution in [0.25, 0.3) is 10.9 Å². The van der Waals surface area contributed by atoms with Crippen LogP contribution in [-0.2, 0) is 32.0 Å². The predicted octanol–water partition coefficient (Wildman–Crippen LogP) is 0.562. The van der Waals surface area contributed by atoms with E-state index in [1.165, 1.54) is 31.2 Å². The molecule has 0 aliphatic heterocycles. The first kappa shape index (κ1) is 31.1. The van der Waals surface area contributed by atoms with Crippen molar-refractivity contribution in [1.29, 1.82) is 0 Å². The Balaban J connectivity index is 1.66. The van der Waals surface area contributed by atoms with Gasteiger partial charge in [0.05, 0.1) is 12.1 Å². The van der Waals surface area contributed by atoms with Crippen LogP contribution in [0.5, 0.6) is 5.75 Å². The number of phenolic OH excluding ortho intramolecular Hbond substituents is 1. The van der Waals surface area contributed by atoms with E-state index in [0.717, 1.165) is 16.5 Å². The van der Waals surface area contributed by atoms with E-state index < -0.39 is 59.9 Å². The summed E-state index contributed by atoms with van der Waals surface area (Å²) in [7, 11) is 0. The monoisotopic (exact) mass is 567 g/mol. The number of hydrogen-bond acceptors (Lipinski definition) is 7. The highest BCUT2D eigenvalue weighted by atomic mass is 16.4. The Bertz CT molecular complexity index is 1370. The molecule has 0 bridgehead atoms. The number of phenols is 1. The molecule has 0 fully saturated rings. The van der Waals surface area contributed by atoms with Gasteiger partial charge in [-0.2, -0.15) is 0 Å². The molecular formula is C29H37N5O7. The van der Waals surface area contributed by atoms with Gasteiger partial charge in [0.2, 0.25) is 17.7 Å². The molecule has 3 rings (SSSR count). The van der Waals surface area contributed by atoms with Crippen LogP contribution >= 0.6 is 0 Å². The van der Waals surface area contributed by atoms with Gasteiger partial charge in [-0.15, -0.1) is 0 Å². The van der Waals surface area contributed by atoms with Gasteiger partial charge in [-0.05, 0) is 48.6 Å². The number of rotatable bonds is 13. The molecule has 0 saturated heterocycles. The van der Waals surface area contributed by atoms with Crippen LogP contribution in [0.4, 0.5) is 0 Å². The van der Waals surface area contributed by atoms with Crippen LogP contribution < -0.4 is 21.7 Å². The maximum absolute atomic E-state index is 13.1. The zero-order valence-electron chi connectivity index (χ0n) is 23.1. The van der Waals surface area contributed by atoms with Crippen LogP contribution in [0.2, 0.25) is 0 Å². The number of aliphatic hydroxyl groups is 1. The van der Waals surface area contributed by atoms with E-state index in [0.29, 0.717) is 5.56 Å². The first-order valence-electron chi connectivity index (χ1n) is 13.3. The second-order valence-electron chi connectivity index (χ2n) is 10.4. The number of nitrogens with two attached hydrogens (primary N) is 1. The van der Waals surface area contributed by atoms with Crippen molar-refractivity contribution >= 4 is 34.6 Å². The topological polar surface area (TPSA) is 207 Å². The average Bonchev–Trinajstić information content (AvgIpc) is 3.32. The molecule has 5 unspecified atom stereocenters. The summed E-state index contributed by atoms with van der Waals surface area (Å²) in [5, 5.41) is 37.8. The highest BCUT2D eigenvalue weighted by Crippen LogP contribution is 2.19. The number of H-pyrrole nitrogens is 1. The first-order valence-corrected chi connectivity index (χ1v) is 13.3. The summed E-state index contributed by atoms with van der Waals surface area (Å²) in [6.45, 7) is 4.64. The summed E-state index contributed by atoms with van der Waals surface area (Å²) >= 11 is 0. The van der Waals surface area contributed by atoms with E-state index in [9.17, 15) is 34.5 Å². The second kappa shape index (κ2) is 13.8. The summed E-state index contributed by atoms with van der Waals surface area (Å²) < 4.78 is 0. The third kappa shape index (κ3) is 8.29. The molecule has 0 saturated carbocycles. The maximum atomic E-state index is 13.1. The van der Waals surface area contributed by atoms with Crippen LogP contribution in [0.15, 0.2) is 54.7 Å². The molecule has 0 aliphatic rings. The van der Waals surface area contributed by atoms with Crippen molar-refractivity contribution in [2.75, 3.05) is 0 Å². The van der Waals surface area contributed by atoms with Crippen LogP contribution in [0.1, 0.15) is 31.9 Å². The SMILES string of the molecule is CC(C)C(NC(=O)C(NC(=O)C(N)Cc1c[nH]c2ccccc12)C(C)O)C(=O)NC(Cc1ccc(O)cc1)C(=O)O. The fraction of sp³-hybridized carbons (Fsp3) is 0.379. The van der Waals surface area contributed by atoms with Crippen molar-refractivity contribution < 1.29 is 34.5 Å². The number of carboxylic acid groups (broad SMARTS) is 1. The summed E-state index contributed by atoms with van der Waals surface area (Å²) in [4.78, 5) is 54.1. The highest BCUT2D eigenvalue weighted by molar-refractivity contribution is 5.95. The van der Waals surface area contributed by atoms with E-state index >= 15 is 0 Å². The Kier molecular flexibility index (Phi) is 10.5. The third-order valence-corrected chi connectivity index (χ3v) is 6.75. The average molecular weight is 568 g/mol. The molecule has 12 heteroatoms. The van der Waals surface area contributed by atoms with Crippen LogP contribution in [0.3, 0.4) is 0 Å². The number of carboxylic acids is 1. The van der Waals surface area contributed by atoms with E-state index in [2.05, 4.69) is 20.9 Å². The minimum Gasteiger partial charge on any atom is -0.508 e. The zero-order valence-corrected chi connectivity index (χ0v) is 23.1. The Morgan fingerprint density at radius 3 is 2.07 bits per heavy atom. The van der Waals surface area contributed by atoms with Gasteiger partial charge in [-0.3, -0.25) is 14.4 Å². The molecule has 2 aromatic carbocycles. The molecule has 0 radical (unpaired) electrons. The van der Waals surface area contributed by atoms with Crippen molar-refractivity contribution in [2.24, 2.45) is 11.7 Å². The fourth-order valence-electron chi connectivity index (χ4n) is 4.40. The quantitative estimate of drug-likeness (QED) is 0.146. The minimum absolute atomic E-state index is 0.0194. The van der Waals surface area contributed by atoms with Gasteiger partial charge < -0.3 is 42.0 Å². The molecular weight excluding hydrogens is 530 g/mol. The molecule has 1 heterocycles. The molecule has 5 atom stereocenters. The smallest absolute Gasteiger partial charge is 0.326 e. The van der Waals surface area contributed by atoms with Gasteiger partial charge in [0, 0.05) is 23.5 Å². The van der Waals surface area contributed by atoms with Crippen molar-refractivity contribution in [3.8, 4) is 5.75 Å². The lowest BCUT2D eigenvalue weighted by Crippen LogP contribution is -2.61. The van der Waals surface area contributed by atoms with Crippen molar-refractivity contribution in [3.05, 3.63) is 65.9 Å². The van der Waals surface area contributed by atoms with Gasteiger partial charge in [0.15, 0.2) is 0 Å². The lowest BCUT2D eigenvalue weighted by Gasteiger charge is -2.28. The van der Waals surface area contributed by atoms with Gasteiger partial charge in [0.1, 0.15) is 23.9 Å². The number of para-hydroxylation sites is 1. The Hall–Kier alpha value is -4.42. The first-order chi connectivity index (χ1) is 19.4. The Labute approximate surface area is 237 Å². The highest BCUT2D eigenvalue weighted by Gasteiger charge is 2.34. The van der Waals surface area contributed by atoms with Gasteiger partial charge in [-0.25, -0.2) is 4.79 Å². The number of hydrogen-bond donors (Lipinski definition) is 8. The van der Waals surface area contributed by atoms with Crippen molar-refractivity contribution in [1.82, 2.24) is 20.9 Å². The maximum Gasteiger partial charge on any atom is 0.326 e. The number of aromatic nitrogens is 1. The number of aliphatic hydroxyl groups excluding tert-OH is 1. The van der Waals surface area contributed by atoms with Crippen molar-refractivity contribution in [2.45, 2.75) is 63.9 Å². The van der Waals surface area contributed by atoms with Gasteiger partial charge in [0.25, 0.3) is 0 Å². The van der Waals surface area contributed by atoms with Crippen molar-refractivity contribution in [3.63, 3.8) is 0 Å². The number of amides is 3. The fourth-order valence-corrected chi connectivity index (χ4v) is 4.40. The molecule has 41 heavy (non-hydrogen) atoms. The molecule has 0 aliphatic carbocycles. The summed E-state index contributed by atoms with van der Waals surface area (Å²) in [6.07, 6.45) is 0.560. The van der Waals surface area contributed by atoms with Crippen LogP contribution in [0, 0.1) is 5.92 Å². The summed E-state index contributed by atoms with van der Waals surface area (Å²) in [6, 6.07) is 8.52.